The summed E-state index contributed by atoms with van der Waals surface area (Å²) < 4.78 is 23.6. The van der Waals surface area contributed by atoms with E-state index in [1.165, 1.54) is 0 Å². The highest BCUT2D eigenvalue weighted by Crippen LogP contribution is 2.34. The summed E-state index contributed by atoms with van der Waals surface area (Å²) >= 11 is 19.2. The van der Waals surface area contributed by atoms with Crippen LogP contribution in [0.5, 0.6) is 17.2 Å². The van der Waals surface area contributed by atoms with E-state index >= 15 is 0 Å². The van der Waals surface area contributed by atoms with Crippen LogP contribution < -0.4 is 18.0 Å². The molecule has 166 valence electrons. The van der Waals surface area contributed by atoms with Crippen molar-refractivity contribution < 1.29 is 23.5 Å². The van der Waals surface area contributed by atoms with E-state index < -0.39 is 6.10 Å². The van der Waals surface area contributed by atoms with Crippen molar-refractivity contribution >= 4 is 52.7 Å². The maximum Gasteiger partial charge on any atom is 0.179 e. The Bertz CT molecular complexity index is 799. The van der Waals surface area contributed by atoms with Gasteiger partial charge in [0.15, 0.2) is 12.2 Å². The average Bonchev–Trinajstić information content (AvgIpc) is 2.74. The fraction of sp³-hybridized carbons (Fsp3) is 0.400. The lowest BCUT2D eigenvalue weighted by Crippen LogP contribution is -2.18. The van der Waals surface area contributed by atoms with Gasteiger partial charge in [-0.05, 0) is 30.3 Å². The molecule has 2 rings (SSSR count). The summed E-state index contributed by atoms with van der Waals surface area (Å²) in [6, 6.07) is 10.5. The van der Waals surface area contributed by atoms with Gasteiger partial charge in [-0.3, -0.25) is 4.31 Å². The molecule has 6 nitrogen and oxygen atoms in total. The fourth-order valence-corrected chi connectivity index (χ4v) is 3.26. The first kappa shape index (κ1) is 25.0. The Morgan fingerprint density at radius 2 is 1.73 bits per heavy atom. The van der Waals surface area contributed by atoms with Crippen LogP contribution >= 0.6 is 47.0 Å². The van der Waals surface area contributed by atoms with Crippen molar-refractivity contribution in [1.29, 1.82) is 0 Å². The average molecular weight is 497 g/mol. The summed E-state index contributed by atoms with van der Waals surface area (Å²) in [6.07, 6.45) is 0.0366. The van der Waals surface area contributed by atoms with Crippen LogP contribution in [0.25, 0.3) is 0 Å². The maximum atomic E-state index is 9.46. The molecule has 1 unspecified atom stereocenters. The number of nitrogens with zero attached hydrogens (tertiary/aromatic N) is 1. The van der Waals surface area contributed by atoms with E-state index in [9.17, 15) is 5.11 Å². The molecular formula is C20H24Cl3NO5S. The van der Waals surface area contributed by atoms with Gasteiger partial charge in [-0.25, -0.2) is 0 Å². The standard InChI is InChI=1S/C20H24Cl3NO5S/c1-24(14-4-6-19(17(22)10-14)27-9-3-8-26-2)30-29-16-5-7-20(18(23)11-16)28-13-15(25)12-21/h4-7,10-11,15,25H,3,8-9,12-13H2,1-2H3. The van der Waals surface area contributed by atoms with Crippen LogP contribution in [0.3, 0.4) is 0 Å². The molecule has 0 heterocycles. The first-order chi connectivity index (χ1) is 14.4. The van der Waals surface area contributed by atoms with Gasteiger partial charge in [-0.15, -0.1) is 11.6 Å². The molecular weight excluding hydrogens is 473 g/mol. The zero-order valence-corrected chi connectivity index (χ0v) is 19.7. The molecule has 1 atom stereocenters. The lowest BCUT2D eigenvalue weighted by Gasteiger charge is -2.18. The largest absolute Gasteiger partial charge is 0.492 e. The van der Waals surface area contributed by atoms with Crippen LogP contribution in [-0.2, 0) is 4.74 Å². The Morgan fingerprint density at radius 3 is 2.40 bits per heavy atom. The van der Waals surface area contributed by atoms with Crippen molar-refractivity contribution in [2.45, 2.75) is 12.5 Å². The second-order valence-electron chi connectivity index (χ2n) is 6.18. The summed E-state index contributed by atoms with van der Waals surface area (Å²) in [5.41, 5.74) is 0.843. The van der Waals surface area contributed by atoms with Crippen LogP contribution in [0, 0.1) is 0 Å². The van der Waals surface area contributed by atoms with Crippen molar-refractivity contribution in [2.24, 2.45) is 0 Å². The highest BCUT2D eigenvalue weighted by Gasteiger charge is 2.11. The van der Waals surface area contributed by atoms with Crippen LogP contribution in [0.2, 0.25) is 10.0 Å². The molecule has 10 heteroatoms. The minimum Gasteiger partial charge on any atom is -0.492 e. The number of anilines is 1. The van der Waals surface area contributed by atoms with Crippen molar-refractivity contribution in [3.05, 3.63) is 46.4 Å². The van der Waals surface area contributed by atoms with Gasteiger partial charge in [0, 0.05) is 33.3 Å². The SMILES string of the molecule is COCCCOc1ccc(N(C)SOc2ccc(OCC(O)CCl)c(Cl)c2)cc1Cl. The van der Waals surface area contributed by atoms with Crippen LogP contribution in [0.1, 0.15) is 6.42 Å². The zero-order valence-electron chi connectivity index (χ0n) is 16.6. The summed E-state index contributed by atoms with van der Waals surface area (Å²) in [5, 5.41) is 10.3. The van der Waals surface area contributed by atoms with Gasteiger partial charge in [-0.2, -0.15) is 0 Å². The third kappa shape index (κ3) is 8.13. The quantitative estimate of drug-likeness (QED) is 0.171. The smallest absolute Gasteiger partial charge is 0.179 e. The third-order valence-electron chi connectivity index (χ3n) is 3.79. The molecule has 0 bridgehead atoms. The van der Waals surface area contributed by atoms with E-state index in [4.69, 9.17) is 53.2 Å². The van der Waals surface area contributed by atoms with Crippen LogP contribution in [0.4, 0.5) is 5.69 Å². The molecule has 0 saturated carbocycles. The molecule has 0 aliphatic rings. The number of benzene rings is 2. The normalized spacial score (nSPS) is 11.8. The monoisotopic (exact) mass is 495 g/mol. The first-order valence-corrected chi connectivity index (χ1v) is 11.1. The topological polar surface area (TPSA) is 60.4 Å². The number of rotatable bonds is 13. The Balaban J connectivity index is 1.88. The molecule has 0 aliphatic carbocycles. The van der Waals surface area contributed by atoms with E-state index in [0.717, 1.165) is 24.3 Å². The number of hydrogen-bond donors (Lipinski definition) is 1. The Hall–Kier alpha value is -1.22. The molecule has 0 aliphatic heterocycles. The lowest BCUT2D eigenvalue weighted by molar-refractivity contribution is 0.125. The Morgan fingerprint density at radius 1 is 1.03 bits per heavy atom. The second kappa shape index (κ2) is 13.2. The molecule has 1 N–H and O–H groups in total. The molecule has 30 heavy (non-hydrogen) atoms. The maximum absolute atomic E-state index is 9.46. The predicted octanol–water partition coefficient (Wildman–Crippen LogP) is 5.47. The van der Waals surface area contributed by atoms with Crippen molar-refractivity contribution in [2.75, 3.05) is 44.2 Å². The van der Waals surface area contributed by atoms with E-state index in [2.05, 4.69) is 0 Å². The molecule has 0 aromatic heterocycles. The fourth-order valence-electron chi connectivity index (χ4n) is 2.21. The molecule has 2 aromatic carbocycles. The van der Waals surface area contributed by atoms with Gasteiger partial charge in [0.2, 0.25) is 0 Å². The molecule has 0 radical (unpaired) electrons. The van der Waals surface area contributed by atoms with E-state index in [1.807, 2.05) is 23.5 Å². The van der Waals surface area contributed by atoms with E-state index in [-0.39, 0.29) is 12.5 Å². The Labute approximate surface area is 196 Å². The molecule has 0 saturated heterocycles. The minimum atomic E-state index is -0.753. The van der Waals surface area contributed by atoms with Crippen molar-refractivity contribution in [1.82, 2.24) is 0 Å². The molecule has 2 aromatic rings. The first-order valence-electron chi connectivity index (χ1n) is 9.10. The third-order valence-corrected chi connectivity index (χ3v) is 5.44. The number of aliphatic hydroxyl groups excluding tert-OH is 1. The van der Waals surface area contributed by atoms with Gasteiger partial charge in [-0.1, -0.05) is 23.2 Å². The lowest BCUT2D eigenvalue weighted by atomic mass is 10.3. The van der Waals surface area contributed by atoms with Crippen molar-refractivity contribution in [3.8, 4) is 17.2 Å². The number of methoxy groups -OCH3 is 1. The summed E-state index contributed by atoms with van der Waals surface area (Å²) in [5.74, 6) is 1.70. The van der Waals surface area contributed by atoms with Crippen LogP contribution in [0.15, 0.2) is 36.4 Å². The summed E-state index contributed by atoms with van der Waals surface area (Å²) in [6.45, 7) is 1.23. The van der Waals surface area contributed by atoms with Gasteiger partial charge in [0.25, 0.3) is 0 Å². The number of halogens is 3. The van der Waals surface area contributed by atoms with Gasteiger partial charge < -0.3 is 23.5 Å². The van der Waals surface area contributed by atoms with Crippen molar-refractivity contribution in [3.63, 3.8) is 0 Å². The molecule has 0 spiro atoms. The minimum absolute atomic E-state index is 0.0633. The van der Waals surface area contributed by atoms with Gasteiger partial charge >= 0.3 is 0 Å². The van der Waals surface area contributed by atoms with Crippen LogP contribution in [-0.4, -0.2) is 51.1 Å². The van der Waals surface area contributed by atoms with E-state index in [1.54, 1.807) is 31.4 Å². The van der Waals surface area contributed by atoms with E-state index in [0.29, 0.717) is 40.5 Å². The van der Waals surface area contributed by atoms with Gasteiger partial charge in [0.1, 0.15) is 30.0 Å². The predicted molar refractivity (Wildman–Crippen MR) is 124 cm³/mol. The molecule has 0 amide bonds. The number of hydrogen-bond acceptors (Lipinski definition) is 7. The molecule has 0 fully saturated rings. The van der Waals surface area contributed by atoms with Gasteiger partial charge in [0.05, 0.1) is 28.2 Å². The highest BCUT2D eigenvalue weighted by atomic mass is 35.5. The Kier molecular flexibility index (Phi) is 11.1. The second-order valence-corrected chi connectivity index (χ2v) is 8.16. The summed E-state index contributed by atoms with van der Waals surface area (Å²) in [4.78, 5) is 0. The number of ether oxygens (including phenoxy) is 3. The summed E-state index contributed by atoms with van der Waals surface area (Å²) in [7, 11) is 3.50. The number of aliphatic hydroxyl groups is 1. The number of alkyl halides is 1. The zero-order chi connectivity index (χ0) is 21.9. The highest BCUT2D eigenvalue weighted by molar-refractivity contribution is 7.96.